The van der Waals surface area contributed by atoms with Crippen LogP contribution in [0.2, 0.25) is 0 Å². The van der Waals surface area contributed by atoms with E-state index < -0.39 is 0 Å². The van der Waals surface area contributed by atoms with E-state index in [4.69, 9.17) is 14.2 Å². The molecule has 3 aromatic rings. The fraction of sp³-hybridized carbons (Fsp3) is 0.423. The molecule has 2 atom stereocenters. The number of hydrogen-bond acceptors (Lipinski definition) is 4. The van der Waals surface area contributed by atoms with Crippen molar-refractivity contribution in [2.75, 3.05) is 21.3 Å². The summed E-state index contributed by atoms with van der Waals surface area (Å²) in [6.45, 7) is 4.18. The maximum absolute atomic E-state index is 13.1. The lowest BCUT2D eigenvalue weighted by Gasteiger charge is -2.27. The lowest BCUT2D eigenvalue weighted by molar-refractivity contribution is 0.227. The molecule has 1 aliphatic carbocycles. The average Bonchev–Trinajstić information content (AvgIpc) is 3.20. The summed E-state index contributed by atoms with van der Waals surface area (Å²) < 4.78 is 16.2. The highest BCUT2D eigenvalue weighted by molar-refractivity contribution is 5.87. The van der Waals surface area contributed by atoms with Gasteiger partial charge in [-0.1, -0.05) is 19.9 Å². The van der Waals surface area contributed by atoms with E-state index in [0.29, 0.717) is 11.5 Å². The number of carbonyl (C=O) groups excluding carboxylic acids is 1. The number of urea groups is 1. The van der Waals surface area contributed by atoms with Gasteiger partial charge in [-0.3, -0.25) is 0 Å². The number of H-pyrrole nitrogens is 1. The highest BCUT2D eigenvalue weighted by Gasteiger charge is 2.27. The zero-order valence-corrected chi connectivity index (χ0v) is 20.0. The molecule has 2 amide bonds. The van der Waals surface area contributed by atoms with Crippen LogP contribution in [0.15, 0.2) is 36.4 Å². The maximum Gasteiger partial charge on any atom is 0.315 e. The van der Waals surface area contributed by atoms with Crippen molar-refractivity contribution in [2.45, 2.75) is 45.2 Å². The SMILES string of the molecule is COc1ccc2[nH]c3c(c2c1)CCC[C@H]3NC(=O)N[C@H](c1ccc(OC)c(OC)c1)C(C)C. The molecule has 0 saturated carbocycles. The van der Waals surface area contributed by atoms with Crippen molar-refractivity contribution >= 4 is 16.9 Å². The highest BCUT2D eigenvalue weighted by atomic mass is 16.5. The number of ether oxygens (including phenoxy) is 3. The number of carbonyl (C=O) groups is 1. The van der Waals surface area contributed by atoms with Crippen LogP contribution >= 0.6 is 0 Å². The molecule has 3 N–H and O–H groups in total. The topological polar surface area (TPSA) is 84.6 Å². The van der Waals surface area contributed by atoms with Crippen LogP contribution < -0.4 is 24.8 Å². The third kappa shape index (κ3) is 4.58. The zero-order chi connectivity index (χ0) is 23.5. The summed E-state index contributed by atoms with van der Waals surface area (Å²) in [4.78, 5) is 16.6. The van der Waals surface area contributed by atoms with E-state index in [-0.39, 0.29) is 24.0 Å². The second-order valence-corrected chi connectivity index (χ2v) is 8.83. The molecule has 2 aromatic carbocycles. The number of rotatable bonds is 7. The van der Waals surface area contributed by atoms with Gasteiger partial charge in [0.2, 0.25) is 0 Å². The standard InChI is InChI=1S/C26H33N3O4/c1-15(2)24(16-9-12-22(32-4)23(13-16)33-5)29-26(30)28-21-8-6-7-18-19-14-17(31-3)10-11-20(19)27-25(18)21/h9-15,21,24,27H,6-8H2,1-5H3,(H2,28,29,30)/t21-,24+/m1/s1. The van der Waals surface area contributed by atoms with Gasteiger partial charge in [0, 0.05) is 16.6 Å². The van der Waals surface area contributed by atoms with E-state index in [9.17, 15) is 4.79 Å². The molecule has 1 aliphatic rings. The van der Waals surface area contributed by atoms with E-state index in [2.05, 4.69) is 35.5 Å². The minimum Gasteiger partial charge on any atom is -0.497 e. The van der Waals surface area contributed by atoms with Gasteiger partial charge in [-0.2, -0.15) is 0 Å². The van der Waals surface area contributed by atoms with Crippen molar-refractivity contribution in [3.8, 4) is 17.2 Å². The van der Waals surface area contributed by atoms with Crippen molar-refractivity contribution in [1.29, 1.82) is 0 Å². The Balaban J connectivity index is 1.54. The minimum atomic E-state index is -0.183. The molecule has 4 rings (SSSR count). The van der Waals surface area contributed by atoms with E-state index in [0.717, 1.165) is 41.8 Å². The lowest BCUT2D eigenvalue weighted by atomic mass is 9.91. The second-order valence-electron chi connectivity index (χ2n) is 8.83. The smallest absolute Gasteiger partial charge is 0.315 e. The van der Waals surface area contributed by atoms with Gasteiger partial charge in [0.25, 0.3) is 0 Å². The summed E-state index contributed by atoms with van der Waals surface area (Å²) in [6.07, 6.45) is 2.90. The number of aryl methyl sites for hydroxylation is 1. The van der Waals surface area contributed by atoms with Crippen LogP contribution in [-0.4, -0.2) is 32.3 Å². The van der Waals surface area contributed by atoms with Crippen LogP contribution in [0.5, 0.6) is 17.2 Å². The van der Waals surface area contributed by atoms with Gasteiger partial charge < -0.3 is 29.8 Å². The highest BCUT2D eigenvalue weighted by Crippen LogP contribution is 2.36. The van der Waals surface area contributed by atoms with Gasteiger partial charge >= 0.3 is 6.03 Å². The van der Waals surface area contributed by atoms with Gasteiger partial charge in [0.05, 0.1) is 33.4 Å². The lowest BCUT2D eigenvalue weighted by Crippen LogP contribution is -2.42. The molecule has 33 heavy (non-hydrogen) atoms. The summed E-state index contributed by atoms with van der Waals surface area (Å²) >= 11 is 0. The Hall–Kier alpha value is -3.35. The summed E-state index contributed by atoms with van der Waals surface area (Å²) in [5.74, 6) is 2.34. The summed E-state index contributed by atoms with van der Waals surface area (Å²) in [6, 6.07) is 11.4. The van der Waals surface area contributed by atoms with Crippen LogP contribution in [0, 0.1) is 5.92 Å². The van der Waals surface area contributed by atoms with Crippen molar-refractivity contribution in [3.63, 3.8) is 0 Å². The molecule has 0 unspecified atom stereocenters. The summed E-state index contributed by atoms with van der Waals surface area (Å²) in [5.41, 5.74) is 4.40. The average molecular weight is 452 g/mol. The Bertz CT molecular complexity index is 1140. The molecule has 0 spiro atoms. The Kier molecular flexibility index (Phi) is 6.67. The van der Waals surface area contributed by atoms with Crippen molar-refractivity contribution in [1.82, 2.24) is 15.6 Å². The molecule has 7 nitrogen and oxygen atoms in total. The number of aromatic amines is 1. The second kappa shape index (κ2) is 9.65. The Morgan fingerprint density at radius 2 is 1.82 bits per heavy atom. The van der Waals surface area contributed by atoms with Crippen LogP contribution in [0.3, 0.4) is 0 Å². The fourth-order valence-corrected chi connectivity index (χ4v) is 4.74. The molecular formula is C26H33N3O4. The third-order valence-corrected chi connectivity index (χ3v) is 6.44. The van der Waals surface area contributed by atoms with Crippen LogP contribution in [0.4, 0.5) is 4.79 Å². The van der Waals surface area contributed by atoms with Crippen LogP contribution in [0.1, 0.15) is 55.6 Å². The quantitative estimate of drug-likeness (QED) is 0.457. The molecule has 1 aromatic heterocycles. The summed E-state index contributed by atoms with van der Waals surface area (Å²) in [7, 11) is 4.91. The first-order chi connectivity index (χ1) is 15.9. The van der Waals surface area contributed by atoms with Gasteiger partial charge in [0.15, 0.2) is 11.5 Å². The van der Waals surface area contributed by atoms with Crippen molar-refractivity contribution in [3.05, 3.63) is 53.2 Å². The number of amides is 2. The Morgan fingerprint density at radius 3 is 2.52 bits per heavy atom. The third-order valence-electron chi connectivity index (χ3n) is 6.44. The molecule has 0 bridgehead atoms. The molecule has 1 heterocycles. The maximum atomic E-state index is 13.1. The Labute approximate surface area is 194 Å². The number of fused-ring (bicyclic) bond motifs is 3. The van der Waals surface area contributed by atoms with Crippen LogP contribution in [-0.2, 0) is 6.42 Å². The number of hydrogen-bond donors (Lipinski definition) is 3. The molecule has 176 valence electrons. The first-order valence-electron chi connectivity index (χ1n) is 11.4. The van der Waals surface area contributed by atoms with Gasteiger partial charge in [-0.15, -0.1) is 0 Å². The zero-order valence-electron chi connectivity index (χ0n) is 20.0. The van der Waals surface area contributed by atoms with E-state index in [1.165, 1.54) is 10.9 Å². The minimum absolute atomic E-state index is 0.0645. The van der Waals surface area contributed by atoms with E-state index >= 15 is 0 Å². The van der Waals surface area contributed by atoms with Crippen LogP contribution in [0.25, 0.3) is 10.9 Å². The number of aromatic nitrogens is 1. The first kappa shape index (κ1) is 22.8. The van der Waals surface area contributed by atoms with E-state index in [1.807, 2.05) is 30.3 Å². The number of nitrogens with one attached hydrogen (secondary N) is 3. The van der Waals surface area contributed by atoms with Crippen molar-refractivity contribution < 1.29 is 19.0 Å². The first-order valence-corrected chi connectivity index (χ1v) is 11.4. The summed E-state index contributed by atoms with van der Waals surface area (Å²) in [5, 5.41) is 7.54. The number of benzene rings is 2. The molecule has 7 heteroatoms. The van der Waals surface area contributed by atoms with Gasteiger partial charge in [0.1, 0.15) is 5.75 Å². The largest absolute Gasteiger partial charge is 0.497 e. The Morgan fingerprint density at radius 1 is 1.03 bits per heavy atom. The monoisotopic (exact) mass is 451 g/mol. The molecule has 0 radical (unpaired) electrons. The fourth-order valence-electron chi connectivity index (χ4n) is 4.74. The van der Waals surface area contributed by atoms with E-state index in [1.54, 1.807) is 21.3 Å². The van der Waals surface area contributed by atoms with Crippen molar-refractivity contribution in [2.24, 2.45) is 5.92 Å². The molecule has 0 fully saturated rings. The predicted octanol–water partition coefficient (Wildman–Crippen LogP) is 5.27. The molecular weight excluding hydrogens is 418 g/mol. The normalized spacial score (nSPS) is 16.2. The number of methoxy groups -OCH3 is 3. The van der Waals surface area contributed by atoms with Gasteiger partial charge in [-0.25, -0.2) is 4.79 Å². The van der Waals surface area contributed by atoms with Gasteiger partial charge in [-0.05, 0) is 66.6 Å². The molecule has 0 aliphatic heterocycles. The molecule has 0 saturated heterocycles. The predicted molar refractivity (Wildman–Crippen MR) is 129 cm³/mol.